The summed E-state index contributed by atoms with van der Waals surface area (Å²) in [7, 11) is 1.62. The lowest BCUT2D eigenvalue weighted by Gasteiger charge is -2.16. The standard InChI is InChI=1S/C12H15Br2NO2/c1-7(13)12(16)15-8(2)9-4-5-11(17-3)10(14)6-9/h4-8H,1-3H3,(H,15,16). The summed E-state index contributed by atoms with van der Waals surface area (Å²) in [6.07, 6.45) is 0. The van der Waals surface area contributed by atoms with Gasteiger partial charge in [-0.3, -0.25) is 4.79 Å². The summed E-state index contributed by atoms with van der Waals surface area (Å²) in [5, 5.41) is 2.91. The molecule has 0 heterocycles. The molecule has 0 aliphatic heterocycles. The lowest BCUT2D eigenvalue weighted by Crippen LogP contribution is -2.31. The maximum absolute atomic E-state index is 11.5. The number of methoxy groups -OCH3 is 1. The molecule has 0 radical (unpaired) electrons. The van der Waals surface area contributed by atoms with E-state index >= 15 is 0 Å². The Morgan fingerprint density at radius 3 is 2.53 bits per heavy atom. The molecule has 0 saturated carbocycles. The smallest absolute Gasteiger partial charge is 0.233 e. The van der Waals surface area contributed by atoms with Crippen molar-refractivity contribution in [2.75, 3.05) is 7.11 Å². The van der Waals surface area contributed by atoms with Crippen LogP contribution in [0.15, 0.2) is 22.7 Å². The van der Waals surface area contributed by atoms with Crippen LogP contribution in [-0.4, -0.2) is 17.8 Å². The zero-order valence-electron chi connectivity index (χ0n) is 9.96. The van der Waals surface area contributed by atoms with Crippen LogP contribution in [0, 0.1) is 0 Å². The molecular formula is C12H15Br2NO2. The first-order valence-electron chi connectivity index (χ1n) is 5.23. The molecule has 0 aromatic heterocycles. The molecule has 0 aliphatic carbocycles. The van der Waals surface area contributed by atoms with Gasteiger partial charge >= 0.3 is 0 Å². The first-order valence-corrected chi connectivity index (χ1v) is 6.94. The van der Waals surface area contributed by atoms with Crippen LogP contribution in [0.4, 0.5) is 0 Å². The molecule has 0 fully saturated rings. The zero-order valence-corrected chi connectivity index (χ0v) is 13.1. The van der Waals surface area contributed by atoms with Gasteiger partial charge < -0.3 is 10.1 Å². The number of nitrogens with one attached hydrogen (secondary N) is 1. The molecule has 1 rings (SSSR count). The van der Waals surface area contributed by atoms with E-state index in [1.807, 2.05) is 25.1 Å². The van der Waals surface area contributed by atoms with Crippen LogP contribution in [0.2, 0.25) is 0 Å². The van der Waals surface area contributed by atoms with Crippen LogP contribution in [0.25, 0.3) is 0 Å². The quantitative estimate of drug-likeness (QED) is 0.831. The molecule has 2 unspecified atom stereocenters. The van der Waals surface area contributed by atoms with Crippen molar-refractivity contribution in [3.63, 3.8) is 0 Å². The number of benzene rings is 1. The summed E-state index contributed by atoms with van der Waals surface area (Å²) in [5.41, 5.74) is 1.03. The number of carbonyl (C=O) groups is 1. The van der Waals surface area contributed by atoms with Crippen LogP contribution in [0.5, 0.6) is 5.75 Å². The van der Waals surface area contributed by atoms with Crippen LogP contribution in [0.1, 0.15) is 25.5 Å². The van der Waals surface area contributed by atoms with Crippen LogP contribution < -0.4 is 10.1 Å². The minimum atomic E-state index is -0.188. The molecule has 0 saturated heterocycles. The van der Waals surface area contributed by atoms with Gasteiger partial charge in [0.15, 0.2) is 0 Å². The van der Waals surface area contributed by atoms with Crippen molar-refractivity contribution in [3.05, 3.63) is 28.2 Å². The fourth-order valence-electron chi connectivity index (χ4n) is 1.36. The van der Waals surface area contributed by atoms with Gasteiger partial charge in [0.05, 0.1) is 22.5 Å². The van der Waals surface area contributed by atoms with Crippen LogP contribution in [-0.2, 0) is 4.79 Å². The van der Waals surface area contributed by atoms with E-state index in [0.717, 1.165) is 15.8 Å². The molecular weight excluding hydrogens is 350 g/mol. The van der Waals surface area contributed by atoms with Gasteiger partial charge in [0.25, 0.3) is 0 Å². The molecule has 1 amide bonds. The Morgan fingerprint density at radius 2 is 2.06 bits per heavy atom. The molecule has 0 aliphatic rings. The van der Waals surface area contributed by atoms with E-state index in [4.69, 9.17) is 4.74 Å². The minimum Gasteiger partial charge on any atom is -0.496 e. The number of amides is 1. The molecule has 5 heteroatoms. The second kappa shape index (κ2) is 6.40. The molecule has 17 heavy (non-hydrogen) atoms. The number of ether oxygens (including phenoxy) is 1. The topological polar surface area (TPSA) is 38.3 Å². The summed E-state index contributed by atoms with van der Waals surface area (Å²) in [6, 6.07) is 5.72. The van der Waals surface area contributed by atoms with E-state index in [1.165, 1.54) is 0 Å². The minimum absolute atomic E-state index is 0.0237. The number of carbonyl (C=O) groups excluding carboxylic acids is 1. The Balaban J connectivity index is 2.79. The maximum Gasteiger partial charge on any atom is 0.233 e. The van der Waals surface area contributed by atoms with Crippen molar-refractivity contribution in [2.24, 2.45) is 0 Å². The number of alkyl halides is 1. The third kappa shape index (κ3) is 4.00. The number of hydrogen-bond acceptors (Lipinski definition) is 2. The van der Waals surface area contributed by atoms with E-state index in [-0.39, 0.29) is 16.8 Å². The van der Waals surface area contributed by atoms with Gasteiger partial charge in [-0.25, -0.2) is 0 Å². The van der Waals surface area contributed by atoms with E-state index < -0.39 is 0 Å². The largest absolute Gasteiger partial charge is 0.496 e. The molecule has 0 spiro atoms. The predicted molar refractivity (Wildman–Crippen MR) is 75.6 cm³/mol. The van der Waals surface area contributed by atoms with Crippen molar-refractivity contribution in [1.29, 1.82) is 0 Å². The fraction of sp³-hybridized carbons (Fsp3) is 0.417. The van der Waals surface area contributed by atoms with Crippen molar-refractivity contribution in [3.8, 4) is 5.75 Å². The number of halogens is 2. The summed E-state index contributed by atoms with van der Waals surface area (Å²) in [5.74, 6) is 0.755. The van der Waals surface area contributed by atoms with Crippen LogP contribution in [0.3, 0.4) is 0 Å². The second-order valence-electron chi connectivity index (χ2n) is 3.74. The van der Waals surface area contributed by atoms with Gasteiger partial charge in [-0.05, 0) is 47.5 Å². The van der Waals surface area contributed by atoms with E-state index in [9.17, 15) is 4.79 Å². The predicted octanol–water partition coefficient (Wildman–Crippen LogP) is 3.42. The van der Waals surface area contributed by atoms with Crippen molar-refractivity contribution in [2.45, 2.75) is 24.7 Å². The summed E-state index contributed by atoms with van der Waals surface area (Å²) in [6.45, 7) is 3.74. The van der Waals surface area contributed by atoms with Gasteiger partial charge in [-0.1, -0.05) is 22.0 Å². The highest BCUT2D eigenvalue weighted by atomic mass is 79.9. The Hall–Kier alpha value is -0.550. The lowest BCUT2D eigenvalue weighted by atomic mass is 10.1. The summed E-state index contributed by atoms with van der Waals surface area (Å²) < 4.78 is 6.04. The van der Waals surface area contributed by atoms with E-state index in [0.29, 0.717) is 0 Å². The second-order valence-corrected chi connectivity index (χ2v) is 5.97. The summed E-state index contributed by atoms with van der Waals surface area (Å²) >= 11 is 6.66. The third-order valence-corrected chi connectivity index (χ3v) is 3.43. The molecule has 2 atom stereocenters. The summed E-state index contributed by atoms with van der Waals surface area (Å²) in [4.78, 5) is 11.4. The maximum atomic E-state index is 11.5. The monoisotopic (exact) mass is 363 g/mol. The van der Waals surface area contributed by atoms with Gasteiger partial charge in [0.2, 0.25) is 5.91 Å². The van der Waals surface area contributed by atoms with Crippen LogP contribution >= 0.6 is 31.9 Å². The molecule has 1 aromatic carbocycles. The highest BCUT2D eigenvalue weighted by Gasteiger charge is 2.14. The normalized spacial score (nSPS) is 13.9. The Bertz CT molecular complexity index is 407. The number of hydrogen-bond donors (Lipinski definition) is 1. The SMILES string of the molecule is COc1ccc(C(C)NC(=O)C(C)Br)cc1Br. The van der Waals surface area contributed by atoms with Crippen molar-refractivity contribution in [1.82, 2.24) is 5.32 Å². The molecule has 3 nitrogen and oxygen atoms in total. The van der Waals surface area contributed by atoms with Crippen molar-refractivity contribution < 1.29 is 9.53 Å². The van der Waals surface area contributed by atoms with E-state index in [2.05, 4.69) is 37.2 Å². The fourth-order valence-corrected chi connectivity index (χ4v) is 2.05. The average Bonchev–Trinajstić information content (AvgIpc) is 2.28. The Morgan fingerprint density at radius 1 is 1.41 bits per heavy atom. The third-order valence-electron chi connectivity index (χ3n) is 2.40. The highest BCUT2D eigenvalue weighted by molar-refractivity contribution is 9.10. The first kappa shape index (κ1) is 14.5. The van der Waals surface area contributed by atoms with Gasteiger partial charge in [0, 0.05) is 0 Å². The molecule has 94 valence electrons. The molecule has 1 aromatic rings. The van der Waals surface area contributed by atoms with Gasteiger partial charge in [0.1, 0.15) is 5.75 Å². The van der Waals surface area contributed by atoms with Crippen molar-refractivity contribution >= 4 is 37.8 Å². The average molecular weight is 365 g/mol. The first-order chi connectivity index (χ1) is 7.95. The zero-order chi connectivity index (χ0) is 13.0. The Kier molecular flexibility index (Phi) is 5.46. The van der Waals surface area contributed by atoms with E-state index in [1.54, 1.807) is 14.0 Å². The highest BCUT2D eigenvalue weighted by Crippen LogP contribution is 2.28. The lowest BCUT2D eigenvalue weighted by molar-refractivity contribution is -0.120. The number of rotatable bonds is 4. The molecule has 0 bridgehead atoms. The van der Waals surface area contributed by atoms with Gasteiger partial charge in [-0.15, -0.1) is 0 Å². The Labute approximate surface area is 118 Å². The molecule has 1 N–H and O–H groups in total. The van der Waals surface area contributed by atoms with Gasteiger partial charge in [-0.2, -0.15) is 0 Å².